The second-order valence-corrected chi connectivity index (χ2v) is 4.28. The topological polar surface area (TPSA) is 43.1 Å². The highest BCUT2D eigenvalue weighted by Crippen LogP contribution is 2.20. The van der Waals surface area contributed by atoms with Gasteiger partial charge in [0.25, 0.3) is 0 Å². The number of hydrogen-bond donors (Lipinski definition) is 1. The van der Waals surface area contributed by atoms with Gasteiger partial charge >= 0.3 is 0 Å². The zero-order valence-electron chi connectivity index (χ0n) is 9.00. The van der Waals surface area contributed by atoms with Crippen molar-refractivity contribution < 1.29 is 4.79 Å². The molecule has 0 aliphatic carbocycles. The van der Waals surface area contributed by atoms with Crippen molar-refractivity contribution in [3.63, 3.8) is 0 Å². The maximum absolute atomic E-state index is 11.9. The van der Waals surface area contributed by atoms with Gasteiger partial charge in [0.2, 0.25) is 0 Å². The lowest BCUT2D eigenvalue weighted by molar-refractivity contribution is 0.0847. The highest BCUT2D eigenvalue weighted by atomic mass is 16.1. The number of rotatable bonds is 3. The van der Waals surface area contributed by atoms with Gasteiger partial charge in [-0.05, 0) is 6.92 Å². The molecule has 76 valence electrons. The maximum Gasteiger partial charge on any atom is 0.169 e. The Morgan fingerprint density at radius 3 is 2.21 bits per heavy atom. The summed E-state index contributed by atoms with van der Waals surface area (Å²) < 4.78 is 0. The van der Waals surface area contributed by atoms with Crippen LogP contribution in [0.1, 0.15) is 29.8 Å². The van der Waals surface area contributed by atoms with Crippen molar-refractivity contribution >= 4 is 5.78 Å². The fourth-order valence-electron chi connectivity index (χ4n) is 1.19. The SMILES string of the molecule is Cc1ccc(C(=O)C(C)(C)CN)cc1. The zero-order valence-corrected chi connectivity index (χ0v) is 9.00. The number of carbonyl (C=O) groups excluding carboxylic acids is 1. The van der Waals surface area contributed by atoms with Crippen LogP contribution in [0.2, 0.25) is 0 Å². The van der Waals surface area contributed by atoms with E-state index >= 15 is 0 Å². The van der Waals surface area contributed by atoms with Crippen LogP contribution in [0.4, 0.5) is 0 Å². The number of Topliss-reactive ketones (excluding diaryl/α,β-unsaturated/α-hetero) is 1. The molecule has 14 heavy (non-hydrogen) atoms. The average Bonchev–Trinajstić information content (AvgIpc) is 2.18. The summed E-state index contributed by atoms with van der Waals surface area (Å²) in [7, 11) is 0. The van der Waals surface area contributed by atoms with E-state index in [1.54, 1.807) is 0 Å². The summed E-state index contributed by atoms with van der Waals surface area (Å²) in [6.45, 7) is 6.12. The molecule has 0 radical (unpaired) electrons. The van der Waals surface area contributed by atoms with Crippen molar-refractivity contribution in [3.8, 4) is 0 Å². The third-order valence-electron chi connectivity index (χ3n) is 2.44. The molecule has 0 fully saturated rings. The Kier molecular flexibility index (Phi) is 3.06. The molecule has 0 amide bonds. The third-order valence-corrected chi connectivity index (χ3v) is 2.44. The summed E-state index contributed by atoms with van der Waals surface area (Å²) in [6.07, 6.45) is 0. The van der Waals surface area contributed by atoms with Gasteiger partial charge in [-0.1, -0.05) is 43.7 Å². The predicted molar refractivity (Wildman–Crippen MR) is 58.3 cm³/mol. The average molecular weight is 191 g/mol. The van der Waals surface area contributed by atoms with E-state index in [1.165, 1.54) is 0 Å². The van der Waals surface area contributed by atoms with Gasteiger partial charge in [0.05, 0.1) is 0 Å². The lowest BCUT2D eigenvalue weighted by Gasteiger charge is -2.20. The Morgan fingerprint density at radius 1 is 1.29 bits per heavy atom. The molecule has 1 aromatic rings. The molecular weight excluding hydrogens is 174 g/mol. The van der Waals surface area contributed by atoms with Gasteiger partial charge in [-0.2, -0.15) is 0 Å². The Balaban J connectivity index is 2.96. The van der Waals surface area contributed by atoms with Crippen molar-refractivity contribution in [2.75, 3.05) is 6.54 Å². The van der Waals surface area contributed by atoms with Gasteiger partial charge in [0.15, 0.2) is 5.78 Å². The molecule has 2 N–H and O–H groups in total. The van der Waals surface area contributed by atoms with E-state index in [1.807, 2.05) is 45.0 Å². The van der Waals surface area contributed by atoms with Crippen LogP contribution in [0.15, 0.2) is 24.3 Å². The second kappa shape index (κ2) is 3.93. The third kappa shape index (κ3) is 2.20. The number of hydrogen-bond acceptors (Lipinski definition) is 2. The molecular formula is C12H17NO. The van der Waals surface area contributed by atoms with Gasteiger partial charge < -0.3 is 5.73 Å². The first kappa shape index (κ1) is 10.9. The highest BCUT2D eigenvalue weighted by molar-refractivity contribution is 6.00. The lowest BCUT2D eigenvalue weighted by Crippen LogP contribution is -2.32. The fourth-order valence-corrected chi connectivity index (χ4v) is 1.19. The summed E-state index contributed by atoms with van der Waals surface area (Å²) in [4.78, 5) is 11.9. The van der Waals surface area contributed by atoms with Crippen LogP contribution < -0.4 is 5.73 Å². The summed E-state index contributed by atoms with van der Waals surface area (Å²) >= 11 is 0. The van der Waals surface area contributed by atoms with E-state index in [2.05, 4.69) is 0 Å². The minimum atomic E-state index is -0.463. The molecule has 0 saturated heterocycles. The molecule has 0 atom stereocenters. The van der Waals surface area contributed by atoms with Crippen molar-refractivity contribution in [1.82, 2.24) is 0 Å². The van der Waals surface area contributed by atoms with E-state index in [-0.39, 0.29) is 5.78 Å². The van der Waals surface area contributed by atoms with E-state index < -0.39 is 5.41 Å². The first-order valence-electron chi connectivity index (χ1n) is 4.79. The summed E-state index contributed by atoms with van der Waals surface area (Å²) in [5.41, 5.74) is 6.99. The molecule has 1 rings (SSSR count). The standard InChI is InChI=1S/C12H17NO/c1-9-4-6-10(7-5-9)11(14)12(2,3)8-13/h4-7H,8,13H2,1-3H3. The quantitative estimate of drug-likeness (QED) is 0.744. The molecule has 0 saturated carbocycles. The number of aryl methyl sites for hydroxylation is 1. The molecule has 0 spiro atoms. The monoisotopic (exact) mass is 191 g/mol. The predicted octanol–water partition coefficient (Wildman–Crippen LogP) is 2.16. The van der Waals surface area contributed by atoms with Crippen molar-refractivity contribution in [2.45, 2.75) is 20.8 Å². The van der Waals surface area contributed by atoms with Gasteiger partial charge in [0, 0.05) is 17.5 Å². The van der Waals surface area contributed by atoms with Crippen LogP contribution in [0.5, 0.6) is 0 Å². The highest BCUT2D eigenvalue weighted by Gasteiger charge is 2.26. The zero-order chi connectivity index (χ0) is 10.8. The molecule has 0 heterocycles. The van der Waals surface area contributed by atoms with Crippen LogP contribution in [-0.4, -0.2) is 12.3 Å². The Labute approximate surface area is 85.1 Å². The lowest BCUT2D eigenvalue weighted by atomic mass is 9.84. The number of nitrogens with two attached hydrogens (primary N) is 1. The number of benzene rings is 1. The first-order chi connectivity index (χ1) is 6.47. The molecule has 1 aromatic carbocycles. The van der Waals surface area contributed by atoms with Gasteiger partial charge in [0.1, 0.15) is 0 Å². The Hall–Kier alpha value is -1.15. The largest absolute Gasteiger partial charge is 0.329 e. The molecule has 0 aliphatic heterocycles. The van der Waals surface area contributed by atoms with Crippen LogP contribution >= 0.6 is 0 Å². The van der Waals surface area contributed by atoms with Gasteiger partial charge in [-0.3, -0.25) is 4.79 Å². The Bertz CT molecular complexity index is 325. The number of carbonyl (C=O) groups is 1. The first-order valence-corrected chi connectivity index (χ1v) is 4.79. The van der Waals surface area contributed by atoms with Crippen LogP contribution in [0.25, 0.3) is 0 Å². The van der Waals surface area contributed by atoms with Gasteiger partial charge in [-0.25, -0.2) is 0 Å². The Morgan fingerprint density at radius 2 is 1.79 bits per heavy atom. The smallest absolute Gasteiger partial charge is 0.169 e. The van der Waals surface area contributed by atoms with Crippen molar-refractivity contribution in [2.24, 2.45) is 11.1 Å². The van der Waals surface area contributed by atoms with E-state index in [0.717, 1.165) is 11.1 Å². The minimum absolute atomic E-state index is 0.111. The van der Waals surface area contributed by atoms with Crippen LogP contribution in [0.3, 0.4) is 0 Å². The summed E-state index contributed by atoms with van der Waals surface area (Å²) in [5, 5.41) is 0. The van der Waals surface area contributed by atoms with E-state index in [0.29, 0.717) is 6.54 Å². The molecule has 0 aliphatic rings. The summed E-state index contributed by atoms with van der Waals surface area (Å²) in [5.74, 6) is 0.111. The number of ketones is 1. The maximum atomic E-state index is 11.9. The van der Waals surface area contributed by atoms with E-state index in [4.69, 9.17) is 5.73 Å². The normalized spacial score (nSPS) is 11.4. The second-order valence-electron chi connectivity index (χ2n) is 4.28. The molecule has 0 bridgehead atoms. The van der Waals surface area contributed by atoms with Crippen molar-refractivity contribution in [1.29, 1.82) is 0 Å². The molecule has 2 nitrogen and oxygen atoms in total. The van der Waals surface area contributed by atoms with Crippen molar-refractivity contribution in [3.05, 3.63) is 35.4 Å². The van der Waals surface area contributed by atoms with E-state index in [9.17, 15) is 4.79 Å². The van der Waals surface area contributed by atoms with Gasteiger partial charge in [-0.15, -0.1) is 0 Å². The fraction of sp³-hybridized carbons (Fsp3) is 0.417. The van der Waals surface area contributed by atoms with Crippen LogP contribution in [0, 0.1) is 12.3 Å². The molecule has 0 unspecified atom stereocenters. The molecule has 2 heteroatoms. The minimum Gasteiger partial charge on any atom is -0.329 e. The summed E-state index contributed by atoms with van der Waals surface area (Å²) in [6, 6.07) is 7.60. The molecule has 0 aromatic heterocycles. The van der Waals surface area contributed by atoms with Crippen LogP contribution in [-0.2, 0) is 0 Å².